The van der Waals surface area contributed by atoms with Gasteiger partial charge in [-0.3, -0.25) is 14.3 Å². The molecule has 0 saturated carbocycles. The Morgan fingerprint density at radius 1 is 1.12 bits per heavy atom. The van der Waals surface area contributed by atoms with E-state index in [9.17, 15) is 9.59 Å². The lowest BCUT2D eigenvalue weighted by Gasteiger charge is -2.40. The molecule has 1 fully saturated rings. The summed E-state index contributed by atoms with van der Waals surface area (Å²) in [5.74, 6) is -0.310. The molecule has 1 aliphatic rings. The third kappa shape index (κ3) is 5.38. The van der Waals surface area contributed by atoms with Crippen molar-refractivity contribution in [3.63, 3.8) is 0 Å². The molecule has 0 aliphatic carbocycles. The number of carbonyl (C=O) groups is 1. The van der Waals surface area contributed by atoms with Crippen molar-refractivity contribution in [2.45, 2.75) is 52.5 Å². The van der Waals surface area contributed by atoms with Crippen molar-refractivity contribution >= 4 is 28.7 Å². The van der Waals surface area contributed by atoms with Gasteiger partial charge < -0.3 is 9.80 Å². The number of halogens is 1. The number of aromatic nitrogens is 3. The lowest BCUT2D eigenvalue weighted by Crippen LogP contribution is -2.54. The van der Waals surface area contributed by atoms with Gasteiger partial charge >= 0.3 is 5.69 Å². The van der Waals surface area contributed by atoms with E-state index in [2.05, 4.69) is 30.4 Å². The second-order valence-corrected chi connectivity index (χ2v) is 11.6. The zero-order valence-electron chi connectivity index (χ0n) is 27.3. The number of hydrogen-bond acceptors (Lipinski definition) is 5. The fourth-order valence-corrected chi connectivity index (χ4v) is 5.96. The van der Waals surface area contributed by atoms with E-state index in [0.717, 1.165) is 11.3 Å². The monoisotopic (exact) mass is 581 g/mol. The number of rotatable bonds is 7. The van der Waals surface area contributed by atoms with Gasteiger partial charge in [-0.05, 0) is 59.7 Å². The third-order valence-electron chi connectivity index (χ3n) is 8.13. The number of pyridine rings is 1. The first kappa shape index (κ1) is 27.3. The molecule has 0 unspecified atom stereocenters. The molecule has 2 aromatic heterocycles. The minimum absolute atomic E-state index is 0.0193. The predicted octanol–water partition coefficient (Wildman–Crippen LogP) is 6.70. The van der Waals surface area contributed by atoms with E-state index in [1.165, 1.54) is 18.2 Å². The molecule has 4 aromatic rings. The molecular weight excluding hydrogens is 541 g/mol. The summed E-state index contributed by atoms with van der Waals surface area (Å²) >= 11 is 0. The summed E-state index contributed by atoms with van der Waals surface area (Å²) < 4.78 is 33.3. The van der Waals surface area contributed by atoms with Crippen molar-refractivity contribution < 1.29 is 11.9 Å². The van der Waals surface area contributed by atoms with Gasteiger partial charge in [0.25, 0.3) is 0 Å². The highest BCUT2D eigenvalue weighted by atomic mass is 19.1. The minimum Gasteiger partial charge on any atom is -0.350 e. The van der Waals surface area contributed by atoms with Gasteiger partial charge in [0.15, 0.2) is 0 Å². The molecule has 7 nitrogen and oxygen atoms in total. The highest BCUT2D eigenvalue weighted by Gasteiger charge is 2.30. The number of carbonyl (C=O) groups excluding carboxylic acids is 1. The van der Waals surface area contributed by atoms with Gasteiger partial charge in [-0.2, -0.15) is 4.98 Å². The molecule has 0 bridgehead atoms. The van der Waals surface area contributed by atoms with Crippen molar-refractivity contribution in [1.29, 1.82) is 0 Å². The van der Waals surface area contributed by atoms with Crippen LogP contribution in [-0.2, 0) is 4.79 Å². The van der Waals surface area contributed by atoms with Crippen LogP contribution in [0.5, 0.6) is 0 Å². The quantitative estimate of drug-likeness (QED) is 0.227. The zero-order valence-corrected chi connectivity index (χ0v) is 25.3. The van der Waals surface area contributed by atoms with Crippen LogP contribution in [0.25, 0.3) is 33.8 Å². The van der Waals surface area contributed by atoms with Crippen LogP contribution in [0.2, 0.25) is 0 Å². The van der Waals surface area contributed by atoms with Crippen molar-refractivity contribution in [1.82, 2.24) is 19.4 Å². The number of nitrogens with zero attached hydrogens (tertiary/aromatic N) is 5. The summed E-state index contributed by atoms with van der Waals surface area (Å²) in [6.45, 7) is 14.5. The number of hydrogen-bond donors (Lipinski definition) is 0. The standard InChI is InChI=1S/C35H38FN5O2/c1-8-24-12-10-11-13-26(24)27-19-30-28(18-29(27)36)34(40-17-16-39(20-23(40)7)31(42)9-2)38-35(43)41(30)33-25(21(3)4)14-15-37-32(33)22(5)6/h8-15,18-19,21-23H,1-2,16-17,20H2,3-7H3/t23-/m0/s1/i1D2. The Morgan fingerprint density at radius 3 is 2.56 bits per heavy atom. The van der Waals surface area contributed by atoms with Crippen LogP contribution in [-0.4, -0.2) is 51.0 Å². The maximum Gasteiger partial charge on any atom is 0.354 e. The fourth-order valence-electron chi connectivity index (χ4n) is 5.96. The van der Waals surface area contributed by atoms with Gasteiger partial charge in [0.1, 0.15) is 11.6 Å². The van der Waals surface area contributed by atoms with Crippen molar-refractivity contribution in [2.75, 3.05) is 24.5 Å². The minimum atomic E-state index is -0.527. The van der Waals surface area contributed by atoms with E-state index in [-0.39, 0.29) is 29.3 Å². The van der Waals surface area contributed by atoms with E-state index in [4.69, 9.17) is 2.74 Å². The van der Waals surface area contributed by atoms with Crippen LogP contribution in [0, 0.1) is 5.82 Å². The van der Waals surface area contributed by atoms with E-state index in [1.807, 2.05) is 31.7 Å². The molecule has 5 rings (SSSR count). The van der Waals surface area contributed by atoms with Crippen LogP contribution in [0.3, 0.4) is 0 Å². The van der Waals surface area contributed by atoms with Crippen LogP contribution in [0.15, 0.2) is 72.6 Å². The molecule has 43 heavy (non-hydrogen) atoms. The first-order valence-electron chi connectivity index (χ1n) is 15.6. The molecule has 222 valence electrons. The van der Waals surface area contributed by atoms with E-state index >= 15 is 4.39 Å². The molecule has 0 radical (unpaired) electrons. The Labute approximate surface area is 254 Å². The molecule has 8 heteroatoms. The maximum absolute atomic E-state index is 16.3. The third-order valence-corrected chi connectivity index (χ3v) is 8.13. The number of piperazine rings is 1. The van der Waals surface area contributed by atoms with Gasteiger partial charge in [-0.25, -0.2) is 9.18 Å². The van der Waals surface area contributed by atoms with E-state index in [0.29, 0.717) is 53.2 Å². The molecule has 0 N–H and O–H groups in total. The van der Waals surface area contributed by atoms with Gasteiger partial charge in [0, 0.05) is 42.8 Å². The Bertz CT molecular complexity index is 1850. The first-order chi connectivity index (χ1) is 21.4. The lowest BCUT2D eigenvalue weighted by molar-refractivity contribution is -0.126. The van der Waals surface area contributed by atoms with Crippen LogP contribution >= 0.6 is 0 Å². The molecular formula is C35H38FN5O2. The molecule has 0 spiro atoms. The van der Waals surface area contributed by atoms with Gasteiger partial charge in [0.2, 0.25) is 5.91 Å². The van der Waals surface area contributed by atoms with Crippen molar-refractivity contribution in [3.05, 3.63) is 101 Å². The molecule has 1 saturated heterocycles. The lowest BCUT2D eigenvalue weighted by atomic mass is 9.95. The number of amides is 1. The number of anilines is 1. The Hall–Kier alpha value is -4.59. The maximum atomic E-state index is 16.3. The number of fused-ring (bicyclic) bond motifs is 1. The van der Waals surface area contributed by atoms with Gasteiger partial charge in [-0.15, -0.1) is 0 Å². The van der Waals surface area contributed by atoms with Crippen LogP contribution in [0.4, 0.5) is 10.2 Å². The van der Waals surface area contributed by atoms with Crippen molar-refractivity contribution in [2.24, 2.45) is 0 Å². The highest BCUT2D eigenvalue weighted by molar-refractivity contribution is 5.95. The second-order valence-electron chi connectivity index (χ2n) is 11.6. The average molecular weight is 582 g/mol. The predicted molar refractivity (Wildman–Crippen MR) is 172 cm³/mol. The largest absolute Gasteiger partial charge is 0.354 e. The first-order valence-corrected chi connectivity index (χ1v) is 14.6. The van der Waals surface area contributed by atoms with E-state index < -0.39 is 18.0 Å². The Balaban J connectivity index is 1.86. The molecule has 2 aromatic carbocycles. The summed E-state index contributed by atoms with van der Waals surface area (Å²) in [6.07, 6.45) is 4.41. The molecule has 1 amide bonds. The van der Waals surface area contributed by atoms with Crippen molar-refractivity contribution in [3.8, 4) is 16.8 Å². The SMILES string of the molecule is [2H]C([2H])=Cc1ccccc1-c1cc2c(cc1F)c(N1CCN(C(=O)C=C)C[C@@H]1C)nc(=O)n2-c1c(C(C)C)ccnc1C(C)C. The van der Waals surface area contributed by atoms with Gasteiger partial charge in [0.05, 0.1) is 19.6 Å². The normalized spacial score (nSPS) is 16.0. The summed E-state index contributed by atoms with van der Waals surface area (Å²) in [6, 6.07) is 11.8. The number of benzene rings is 2. The van der Waals surface area contributed by atoms with Crippen LogP contribution < -0.4 is 10.6 Å². The fraction of sp³-hybridized carbons (Fsp3) is 0.314. The Morgan fingerprint density at radius 2 is 1.88 bits per heavy atom. The summed E-state index contributed by atoms with van der Waals surface area (Å²) in [5.41, 5.74) is 3.47. The molecule has 1 atom stereocenters. The Kier molecular flexibility index (Phi) is 7.58. The van der Waals surface area contributed by atoms with Crippen LogP contribution in [0.1, 0.15) is 66.0 Å². The summed E-state index contributed by atoms with van der Waals surface area (Å²) in [5, 5.41) is 0.453. The second kappa shape index (κ2) is 12.0. The molecule has 3 heterocycles. The molecule has 1 aliphatic heterocycles. The summed E-state index contributed by atoms with van der Waals surface area (Å²) in [7, 11) is 0. The highest BCUT2D eigenvalue weighted by Crippen LogP contribution is 2.37. The zero-order chi connectivity index (χ0) is 32.6. The summed E-state index contributed by atoms with van der Waals surface area (Å²) in [4.78, 5) is 39.6. The smallest absolute Gasteiger partial charge is 0.350 e. The average Bonchev–Trinajstić information content (AvgIpc) is 3.00. The van der Waals surface area contributed by atoms with E-state index in [1.54, 1.807) is 46.0 Å². The van der Waals surface area contributed by atoms with Gasteiger partial charge in [-0.1, -0.05) is 71.1 Å². The topological polar surface area (TPSA) is 71.3 Å².